The van der Waals surface area contributed by atoms with E-state index >= 15 is 0 Å². The highest BCUT2D eigenvalue weighted by Crippen LogP contribution is 2.25. The fourth-order valence-corrected chi connectivity index (χ4v) is 2.02. The zero-order valence-electron chi connectivity index (χ0n) is 10.9. The topological polar surface area (TPSA) is 50.1 Å². The largest absolute Gasteiger partial charge is 0.506 e. The number of hydrogen-bond acceptors (Lipinski definition) is 3. The predicted molar refractivity (Wildman–Crippen MR) is 79.2 cm³/mol. The van der Waals surface area contributed by atoms with Gasteiger partial charge in [0.1, 0.15) is 5.75 Å². The molecule has 1 heterocycles. The standard InChI is InChI=1S/C16H15N3O/c20-16-9-5-4-8-15(16)18-14-10-17-19(12-14)11-13-6-2-1-3-7-13/h1-10,12,18,20H,11H2. The second kappa shape index (κ2) is 5.48. The van der Waals surface area contributed by atoms with Gasteiger partial charge in [0.15, 0.2) is 0 Å². The van der Waals surface area contributed by atoms with Crippen LogP contribution in [0.1, 0.15) is 5.56 Å². The number of nitrogens with zero attached hydrogens (tertiary/aromatic N) is 2. The highest BCUT2D eigenvalue weighted by atomic mass is 16.3. The number of aromatic nitrogens is 2. The number of rotatable bonds is 4. The molecule has 0 aliphatic heterocycles. The van der Waals surface area contributed by atoms with Crippen molar-refractivity contribution in [3.63, 3.8) is 0 Å². The van der Waals surface area contributed by atoms with Crippen molar-refractivity contribution in [2.45, 2.75) is 6.54 Å². The van der Waals surface area contributed by atoms with Crippen molar-refractivity contribution in [1.29, 1.82) is 0 Å². The number of nitrogens with one attached hydrogen (secondary N) is 1. The van der Waals surface area contributed by atoms with E-state index in [2.05, 4.69) is 22.5 Å². The number of benzene rings is 2. The zero-order valence-corrected chi connectivity index (χ0v) is 10.9. The molecule has 20 heavy (non-hydrogen) atoms. The molecule has 0 saturated heterocycles. The Balaban J connectivity index is 1.73. The van der Waals surface area contributed by atoms with Crippen LogP contribution in [0.4, 0.5) is 11.4 Å². The van der Waals surface area contributed by atoms with Gasteiger partial charge >= 0.3 is 0 Å². The molecule has 3 aromatic rings. The summed E-state index contributed by atoms with van der Waals surface area (Å²) in [6.07, 6.45) is 3.66. The first-order chi connectivity index (χ1) is 9.81. The van der Waals surface area contributed by atoms with Gasteiger partial charge < -0.3 is 10.4 Å². The molecular formula is C16H15N3O. The minimum atomic E-state index is 0.225. The Kier molecular flexibility index (Phi) is 3.37. The van der Waals surface area contributed by atoms with Gasteiger partial charge in [0.05, 0.1) is 24.1 Å². The summed E-state index contributed by atoms with van der Waals surface area (Å²) in [4.78, 5) is 0. The molecule has 2 N–H and O–H groups in total. The average molecular weight is 265 g/mol. The van der Waals surface area contributed by atoms with E-state index in [1.165, 1.54) is 5.56 Å². The molecule has 0 spiro atoms. The SMILES string of the molecule is Oc1ccccc1Nc1cnn(Cc2ccccc2)c1. The van der Waals surface area contributed by atoms with Crippen LogP contribution in [0.15, 0.2) is 67.0 Å². The third-order valence-corrected chi connectivity index (χ3v) is 3.00. The Hall–Kier alpha value is -2.75. The molecule has 0 atom stereocenters. The average Bonchev–Trinajstić information content (AvgIpc) is 2.90. The van der Waals surface area contributed by atoms with Crippen molar-refractivity contribution >= 4 is 11.4 Å². The summed E-state index contributed by atoms with van der Waals surface area (Å²) in [6, 6.07) is 17.3. The molecule has 1 aromatic heterocycles. The number of hydrogen-bond donors (Lipinski definition) is 2. The number of para-hydroxylation sites is 2. The van der Waals surface area contributed by atoms with Crippen LogP contribution in [0.25, 0.3) is 0 Å². The smallest absolute Gasteiger partial charge is 0.139 e. The number of aromatic hydroxyl groups is 1. The van der Waals surface area contributed by atoms with Crippen LogP contribution in [0, 0.1) is 0 Å². The zero-order chi connectivity index (χ0) is 13.8. The van der Waals surface area contributed by atoms with Crippen molar-refractivity contribution in [3.05, 3.63) is 72.6 Å². The highest BCUT2D eigenvalue weighted by Gasteiger charge is 2.03. The molecule has 0 unspecified atom stereocenters. The maximum Gasteiger partial charge on any atom is 0.139 e. The van der Waals surface area contributed by atoms with E-state index in [0.717, 1.165) is 12.2 Å². The molecule has 0 bridgehead atoms. The molecule has 0 fully saturated rings. The summed E-state index contributed by atoms with van der Waals surface area (Å²) in [7, 11) is 0. The van der Waals surface area contributed by atoms with E-state index in [4.69, 9.17) is 0 Å². The van der Waals surface area contributed by atoms with Gasteiger partial charge in [-0.2, -0.15) is 5.10 Å². The van der Waals surface area contributed by atoms with Gasteiger partial charge in [0.25, 0.3) is 0 Å². The molecule has 0 saturated carbocycles. The molecule has 0 aliphatic rings. The van der Waals surface area contributed by atoms with Crippen molar-refractivity contribution in [2.75, 3.05) is 5.32 Å². The van der Waals surface area contributed by atoms with Crippen LogP contribution >= 0.6 is 0 Å². The van der Waals surface area contributed by atoms with Gasteiger partial charge in [-0.25, -0.2) is 0 Å². The first-order valence-corrected chi connectivity index (χ1v) is 6.43. The third-order valence-electron chi connectivity index (χ3n) is 3.00. The molecule has 4 nitrogen and oxygen atoms in total. The molecule has 3 rings (SSSR count). The van der Waals surface area contributed by atoms with Crippen LogP contribution in [0.3, 0.4) is 0 Å². The summed E-state index contributed by atoms with van der Waals surface area (Å²) in [5.41, 5.74) is 2.72. The van der Waals surface area contributed by atoms with Crippen LogP contribution < -0.4 is 5.32 Å². The summed E-state index contributed by atoms with van der Waals surface area (Å²) < 4.78 is 1.86. The lowest BCUT2D eigenvalue weighted by Crippen LogP contribution is -1.99. The van der Waals surface area contributed by atoms with Gasteiger partial charge in [-0.05, 0) is 17.7 Å². The quantitative estimate of drug-likeness (QED) is 0.711. The second-order valence-electron chi connectivity index (χ2n) is 4.55. The highest BCUT2D eigenvalue weighted by molar-refractivity contribution is 5.64. The first-order valence-electron chi connectivity index (χ1n) is 6.43. The fraction of sp³-hybridized carbons (Fsp3) is 0.0625. The van der Waals surface area contributed by atoms with E-state index in [0.29, 0.717) is 5.69 Å². The Morgan fingerprint density at radius 3 is 2.55 bits per heavy atom. The summed E-state index contributed by atoms with van der Waals surface area (Å²) >= 11 is 0. The summed E-state index contributed by atoms with van der Waals surface area (Å²) in [5, 5.41) is 17.2. The van der Waals surface area contributed by atoms with E-state index in [1.54, 1.807) is 18.3 Å². The van der Waals surface area contributed by atoms with Crippen molar-refractivity contribution in [2.24, 2.45) is 0 Å². The first kappa shape index (κ1) is 12.3. The summed E-state index contributed by atoms with van der Waals surface area (Å²) in [5.74, 6) is 0.225. The van der Waals surface area contributed by atoms with E-state index in [1.807, 2.05) is 41.2 Å². The number of phenols is 1. The van der Waals surface area contributed by atoms with Crippen LogP contribution in [0.2, 0.25) is 0 Å². The minimum absolute atomic E-state index is 0.225. The van der Waals surface area contributed by atoms with Gasteiger partial charge in [0.2, 0.25) is 0 Å². The fourth-order valence-electron chi connectivity index (χ4n) is 2.02. The Bertz CT molecular complexity index is 692. The Morgan fingerprint density at radius 2 is 1.75 bits per heavy atom. The normalized spacial score (nSPS) is 10.4. The van der Waals surface area contributed by atoms with Crippen molar-refractivity contribution in [3.8, 4) is 5.75 Å². The molecule has 2 aromatic carbocycles. The predicted octanol–water partition coefficient (Wildman–Crippen LogP) is 3.38. The maximum atomic E-state index is 9.72. The van der Waals surface area contributed by atoms with Crippen LogP contribution in [0.5, 0.6) is 5.75 Å². The van der Waals surface area contributed by atoms with E-state index < -0.39 is 0 Å². The minimum Gasteiger partial charge on any atom is -0.506 e. The van der Waals surface area contributed by atoms with E-state index in [-0.39, 0.29) is 5.75 Å². The van der Waals surface area contributed by atoms with Crippen molar-refractivity contribution < 1.29 is 5.11 Å². The van der Waals surface area contributed by atoms with Gasteiger partial charge in [-0.15, -0.1) is 0 Å². The van der Waals surface area contributed by atoms with Gasteiger partial charge in [0, 0.05) is 6.20 Å². The third kappa shape index (κ3) is 2.80. The van der Waals surface area contributed by atoms with Gasteiger partial charge in [-0.1, -0.05) is 42.5 Å². The number of anilines is 2. The summed E-state index contributed by atoms with van der Waals surface area (Å²) in [6.45, 7) is 0.725. The lowest BCUT2D eigenvalue weighted by molar-refractivity contribution is 0.478. The van der Waals surface area contributed by atoms with E-state index in [9.17, 15) is 5.11 Å². The van der Waals surface area contributed by atoms with Crippen LogP contribution in [-0.4, -0.2) is 14.9 Å². The lowest BCUT2D eigenvalue weighted by Gasteiger charge is -2.05. The molecule has 0 radical (unpaired) electrons. The second-order valence-corrected chi connectivity index (χ2v) is 4.55. The van der Waals surface area contributed by atoms with Crippen molar-refractivity contribution in [1.82, 2.24) is 9.78 Å². The monoisotopic (exact) mass is 265 g/mol. The number of phenolic OH excluding ortho intramolecular Hbond substituents is 1. The molecular weight excluding hydrogens is 250 g/mol. The Labute approximate surface area is 117 Å². The van der Waals surface area contributed by atoms with Gasteiger partial charge in [-0.3, -0.25) is 4.68 Å². The lowest BCUT2D eigenvalue weighted by atomic mass is 10.2. The molecule has 4 heteroatoms. The maximum absolute atomic E-state index is 9.72. The molecule has 0 aliphatic carbocycles. The Morgan fingerprint density at radius 1 is 1.00 bits per heavy atom. The van der Waals surface area contributed by atoms with Crippen LogP contribution in [-0.2, 0) is 6.54 Å². The molecule has 100 valence electrons. The molecule has 0 amide bonds.